The molecule has 2 heterocycles. The molecule has 1 unspecified atom stereocenters. The van der Waals surface area contributed by atoms with Gasteiger partial charge in [0.1, 0.15) is 17.4 Å². The highest BCUT2D eigenvalue weighted by atomic mass is 16.5. The Morgan fingerprint density at radius 1 is 1.36 bits per heavy atom. The highest BCUT2D eigenvalue weighted by molar-refractivity contribution is 5.96. The first kappa shape index (κ1) is 14.6. The second kappa shape index (κ2) is 4.60. The molecule has 0 aliphatic carbocycles. The molecule has 116 valence electrons. The fourth-order valence-corrected chi connectivity index (χ4v) is 3.05. The normalized spacial score (nSPS) is 17.4. The van der Waals surface area contributed by atoms with Gasteiger partial charge in [-0.2, -0.15) is 0 Å². The number of hydrogen-bond donors (Lipinski definition) is 1. The highest BCUT2D eigenvalue weighted by Gasteiger charge is 2.28. The van der Waals surface area contributed by atoms with Crippen LogP contribution in [0, 0.1) is 0 Å². The second-order valence-corrected chi connectivity index (χ2v) is 6.84. The van der Waals surface area contributed by atoms with Crippen molar-refractivity contribution in [3.05, 3.63) is 39.7 Å². The summed E-state index contributed by atoms with van der Waals surface area (Å²) in [5.41, 5.74) is 0.634. The minimum Gasteiger partial charge on any atom is -0.487 e. The van der Waals surface area contributed by atoms with Gasteiger partial charge in [-0.3, -0.25) is 4.79 Å². The monoisotopic (exact) mass is 301 g/mol. The molecule has 1 N–H and O–H groups in total. The third kappa shape index (κ3) is 2.08. The fraction of sp³-hybridized carbons (Fsp3) is 0.412. The van der Waals surface area contributed by atoms with E-state index in [9.17, 15) is 14.7 Å². The number of nitrogens with zero attached hydrogens (tertiary/aromatic N) is 1. The summed E-state index contributed by atoms with van der Waals surface area (Å²) >= 11 is 0. The molecule has 1 aromatic carbocycles. The fourth-order valence-electron chi connectivity index (χ4n) is 3.05. The Balaban J connectivity index is 2.53. The zero-order valence-electron chi connectivity index (χ0n) is 13.1. The van der Waals surface area contributed by atoms with Crippen molar-refractivity contribution in [2.75, 3.05) is 0 Å². The van der Waals surface area contributed by atoms with Crippen LogP contribution in [0.2, 0.25) is 0 Å². The number of pyridine rings is 1. The summed E-state index contributed by atoms with van der Waals surface area (Å²) in [6.07, 6.45) is 1.36. The summed E-state index contributed by atoms with van der Waals surface area (Å²) in [6.45, 7) is 8.47. The minimum atomic E-state index is -1.19. The van der Waals surface area contributed by atoms with Gasteiger partial charge in [-0.25, -0.2) is 4.79 Å². The summed E-state index contributed by atoms with van der Waals surface area (Å²) in [7, 11) is 0. The molecule has 0 radical (unpaired) electrons. The van der Waals surface area contributed by atoms with E-state index in [1.54, 1.807) is 0 Å². The Kier molecular flexibility index (Phi) is 3.06. The van der Waals surface area contributed by atoms with Crippen LogP contribution < -0.4 is 10.2 Å². The SMILES string of the molecule is CC1Cn2cc(C(=O)O)c(=O)c3c(C(C)(C)C)ccc(c32)O1. The Hall–Kier alpha value is -2.30. The molecular weight excluding hydrogens is 282 g/mol. The van der Waals surface area contributed by atoms with Gasteiger partial charge in [-0.1, -0.05) is 26.8 Å². The molecule has 3 rings (SSSR count). The number of aromatic carboxylic acids is 1. The molecule has 0 spiro atoms. The van der Waals surface area contributed by atoms with Gasteiger partial charge in [0, 0.05) is 6.20 Å². The van der Waals surface area contributed by atoms with E-state index in [0.29, 0.717) is 23.2 Å². The number of aromatic nitrogens is 1. The lowest BCUT2D eigenvalue weighted by Crippen LogP contribution is -2.30. The van der Waals surface area contributed by atoms with E-state index in [2.05, 4.69) is 0 Å². The van der Waals surface area contributed by atoms with Crippen LogP contribution in [-0.2, 0) is 12.0 Å². The van der Waals surface area contributed by atoms with Gasteiger partial charge >= 0.3 is 5.97 Å². The molecule has 5 nitrogen and oxygen atoms in total. The molecule has 5 heteroatoms. The molecule has 22 heavy (non-hydrogen) atoms. The van der Waals surface area contributed by atoms with Crippen LogP contribution in [0.25, 0.3) is 10.9 Å². The topological polar surface area (TPSA) is 68.5 Å². The molecule has 0 bridgehead atoms. The van der Waals surface area contributed by atoms with Crippen LogP contribution in [0.1, 0.15) is 43.6 Å². The van der Waals surface area contributed by atoms with Crippen LogP contribution in [0.3, 0.4) is 0 Å². The third-order valence-electron chi connectivity index (χ3n) is 4.01. The van der Waals surface area contributed by atoms with Crippen molar-refractivity contribution in [3.63, 3.8) is 0 Å². The number of carboxylic acids is 1. The number of ether oxygens (including phenoxy) is 1. The van der Waals surface area contributed by atoms with E-state index in [1.165, 1.54) is 6.20 Å². The van der Waals surface area contributed by atoms with E-state index < -0.39 is 11.4 Å². The summed E-state index contributed by atoms with van der Waals surface area (Å²) in [5, 5.41) is 9.80. The third-order valence-corrected chi connectivity index (χ3v) is 4.01. The van der Waals surface area contributed by atoms with Crippen LogP contribution in [0.15, 0.2) is 23.1 Å². The molecule has 1 aliphatic heterocycles. The summed E-state index contributed by atoms with van der Waals surface area (Å²) in [5.74, 6) is -0.559. The van der Waals surface area contributed by atoms with Crippen LogP contribution in [0.5, 0.6) is 5.75 Å². The lowest BCUT2D eigenvalue weighted by atomic mass is 9.83. The van der Waals surface area contributed by atoms with Gasteiger partial charge in [-0.05, 0) is 24.0 Å². The van der Waals surface area contributed by atoms with Gasteiger partial charge in [0.2, 0.25) is 5.43 Å². The Morgan fingerprint density at radius 2 is 2.05 bits per heavy atom. The van der Waals surface area contributed by atoms with Gasteiger partial charge in [0.05, 0.1) is 17.4 Å². The van der Waals surface area contributed by atoms with Gasteiger partial charge in [0.15, 0.2) is 0 Å². The largest absolute Gasteiger partial charge is 0.487 e. The Labute approximate surface area is 128 Å². The van der Waals surface area contributed by atoms with Crippen LogP contribution in [0.4, 0.5) is 0 Å². The predicted molar refractivity (Wildman–Crippen MR) is 84.0 cm³/mol. The quantitative estimate of drug-likeness (QED) is 0.879. The lowest BCUT2D eigenvalue weighted by Gasteiger charge is -2.29. The molecule has 0 fully saturated rings. The van der Waals surface area contributed by atoms with Gasteiger partial charge in [-0.15, -0.1) is 0 Å². The summed E-state index contributed by atoms with van der Waals surface area (Å²) in [6, 6.07) is 3.74. The molecule has 1 atom stereocenters. The number of rotatable bonds is 1. The van der Waals surface area contributed by atoms with Crippen molar-refractivity contribution >= 4 is 16.9 Å². The number of hydrogen-bond acceptors (Lipinski definition) is 3. The second-order valence-electron chi connectivity index (χ2n) is 6.84. The molecule has 0 amide bonds. The zero-order chi connectivity index (χ0) is 16.2. The van der Waals surface area contributed by atoms with E-state index >= 15 is 0 Å². The smallest absolute Gasteiger partial charge is 0.341 e. The van der Waals surface area contributed by atoms with Crippen molar-refractivity contribution in [2.45, 2.75) is 45.8 Å². The molecular formula is C17H19NO4. The highest BCUT2D eigenvalue weighted by Crippen LogP contribution is 2.36. The van der Waals surface area contributed by atoms with E-state index in [0.717, 1.165) is 5.56 Å². The molecule has 0 saturated carbocycles. The maximum Gasteiger partial charge on any atom is 0.341 e. The maximum absolute atomic E-state index is 12.7. The van der Waals surface area contributed by atoms with E-state index in [4.69, 9.17) is 4.74 Å². The van der Waals surface area contributed by atoms with Crippen molar-refractivity contribution < 1.29 is 14.6 Å². The van der Waals surface area contributed by atoms with Crippen LogP contribution >= 0.6 is 0 Å². The first-order valence-electron chi connectivity index (χ1n) is 7.30. The first-order valence-corrected chi connectivity index (χ1v) is 7.30. The lowest BCUT2D eigenvalue weighted by molar-refractivity contribution is 0.0694. The number of benzene rings is 1. The average molecular weight is 301 g/mol. The predicted octanol–water partition coefficient (Wildman–Crippen LogP) is 2.78. The molecule has 1 aliphatic rings. The first-order chi connectivity index (χ1) is 10.2. The van der Waals surface area contributed by atoms with Gasteiger partial charge in [0.25, 0.3) is 0 Å². The van der Waals surface area contributed by atoms with Crippen molar-refractivity contribution in [1.82, 2.24) is 4.57 Å². The Morgan fingerprint density at radius 3 is 2.64 bits per heavy atom. The molecule has 1 aromatic heterocycles. The number of carbonyl (C=O) groups is 1. The minimum absolute atomic E-state index is 0.0691. The maximum atomic E-state index is 12.7. The summed E-state index contributed by atoms with van der Waals surface area (Å²) in [4.78, 5) is 24.1. The van der Waals surface area contributed by atoms with Crippen molar-refractivity contribution in [3.8, 4) is 5.75 Å². The van der Waals surface area contributed by atoms with Crippen molar-refractivity contribution in [1.29, 1.82) is 0 Å². The number of carboxylic acid groups (broad SMARTS) is 1. The molecule has 2 aromatic rings. The standard InChI is InChI=1S/C17H19NO4/c1-9-7-18-8-10(16(20)21)15(19)13-11(17(2,3)4)5-6-12(22-9)14(13)18/h5-6,8-9H,7H2,1-4H3,(H,20,21). The van der Waals surface area contributed by atoms with Gasteiger partial charge < -0.3 is 14.4 Å². The van der Waals surface area contributed by atoms with Crippen molar-refractivity contribution in [2.24, 2.45) is 0 Å². The zero-order valence-corrected chi connectivity index (χ0v) is 13.1. The van der Waals surface area contributed by atoms with Crippen LogP contribution in [-0.4, -0.2) is 21.7 Å². The summed E-state index contributed by atoms with van der Waals surface area (Å²) < 4.78 is 7.65. The average Bonchev–Trinajstić information content (AvgIpc) is 2.40. The Bertz CT molecular complexity index is 842. The van der Waals surface area contributed by atoms with E-state index in [-0.39, 0.29) is 17.1 Å². The molecule has 0 saturated heterocycles. The van der Waals surface area contributed by atoms with E-state index in [1.807, 2.05) is 44.4 Å².